The lowest BCUT2D eigenvalue weighted by Gasteiger charge is -2.26. The second kappa shape index (κ2) is 6.90. The summed E-state index contributed by atoms with van der Waals surface area (Å²) >= 11 is 3.44. The van der Waals surface area contributed by atoms with Crippen molar-refractivity contribution < 1.29 is 17.9 Å². The number of nitrogens with one attached hydrogen (secondary N) is 2. The highest BCUT2D eigenvalue weighted by molar-refractivity contribution is 9.09. The molecule has 0 saturated heterocycles. The second-order valence-electron chi connectivity index (χ2n) is 5.22. The molecule has 0 spiro atoms. The standard InChI is InChI=1S/C11H21BrN2O4S/c1-9(2)18-10(15)14-19(16,17)13-8-11(7-12)5-3-4-6-11/h9,13H,3-8H2,1-2H3,(H,14,15). The number of carbonyl (C=O) groups excluding carboxylic acids is 1. The monoisotopic (exact) mass is 356 g/mol. The zero-order valence-electron chi connectivity index (χ0n) is 11.2. The Morgan fingerprint density at radius 1 is 1.37 bits per heavy atom. The molecular formula is C11H21BrN2O4S. The smallest absolute Gasteiger partial charge is 0.422 e. The van der Waals surface area contributed by atoms with Gasteiger partial charge in [-0.3, -0.25) is 0 Å². The Labute approximate surface area is 123 Å². The molecule has 0 bridgehead atoms. The van der Waals surface area contributed by atoms with Crippen LogP contribution in [0.25, 0.3) is 0 Å². The van der Waals surface area contributed by atoms with Crippen LogP contribution < -0.4 is 9.44 Å². The molecule has 0 atom stereocenters. The first-order valence-corrected chi connectivity index (χ1v) is 8.93. The van der Waals surface area contributed by atoms with Crippen molar-refractivity contribution >= 4 is 32.2 Å². The summed E-state index contributed by atoms with van der Waals surface area (Å²) in [7, 11) is -3.86. The van der Waals surface area contributed by atoms with Crippen molar-refractivity contribution in [3.8, 4) is 0 Å². The third-order valence-electron chi connectivity index (χ3n) is 3.15. The third kappa shape index (κ3) is 5.66. The molecule has 8 heteroatoms. The molecule has 0 aliphatic heterocycles. The van der Waals surface area contributed by atoms with Crippen LogP contribution in [-0.4, -0.2) is 32.5 Å². The number of hydrogen-bond acceptors (Lipinski definition) is 4. The average Bonchev–Trinajstić information content (AvgIpc) is 2.74. The summed E-state index contributed by atoms with van der Waals surface area (Å²) in [4.78, 5) is 11.3. The van der Waals surface area contributed by atoms with E-state index in [4.69, 9.17) is 4.74 Å². The van der Waals surface area contributed by atoms with Crippen molar-refractivity contribution in [2.45, 2.75) is 45.6 Å². The Kier molecular flexibility index (Phi) is 6.07. The molecule has 6 nitrogen and oxygen atoms in total. The van der Waals surface area contributed by atoms with Crippen LogP contribution >= 0.6 is 15.9 Å². The van der Waals surface area contributed by atoms with Crippen molar-refractivity contribution in [1.82, 2.24) is 9.44 Å². The van der Waals surface area contributed by atoms with E-state index in [0.717, 1.165) is 31.0 Å². The summed E-state index contributed by atoms with van der Waals surface area (Å²) in [5.74, 6) is 0. The number of rotatable bonds is 6. The fourth-order valence-electron chi connectivity index (χ4n) is 2.11. The summed E-state index contributed by atoms with van der Waals surface area (Å²) < 4.78 is 32.4. The molecule has 1 fully saturated rings. The summed E-state index contributed by atoms with van der Waals surface area (Å²) in [6.07, 6.45) is 2.86. The highest BCUT2D eigenvalue weighted by Crippen LogP contribution is 2.38. The summed E-state index contributed by atoms with van der Waals surface area (Å²) in [5, 5.41) is 0.749. The lowest BCUT2D eigenvalue weighted by molar-refractivity contribution is 0.121. The zero-order valence-corrected chi connectivity index (χ0v) is 13.6. The molecule has 1 amide bonds. The quantitative estimate of drug-likeness (QED) is 0.712. The van der Waals surface area contributed by atoms with E-state index in [0.29, 0.717) is 6.54 Å². The van der Waals surface area contributed by atoms with E-state index in [1.54, 1.807) is 13.8 Å². The summed E-state index contributed by atoms with van der Waals surface area (Å²) in [6, 6.07) is 0. The van der Waals surface area contributed by atoms with Gasteiger partial charge in [0.1, 0.15) is 0 Å². The minimum atomic E-state index is -3.86. The maximum absolute atomic E-state index is 11.7. The predicted octanol–water partition coefficient (Wildman–Crippen LogP) is 1.91. The van der Waals surface area contributed by atoms with E-state index in [9.17, 15) is 13.2 Å². The number of carbonyl (C=O) groups is 1. The first-order chi connectivity index (χ1) is 8.79. The fraction of sp³-hybridized carbons (Fsp3) is 0.909. The normalized spacial score (nSPS) is 18.5. The SMILES string of the molecule is CC(C)OC(=O)NS(=O)(=O)NCC1(CBr)CCCC1. The molecule has 1 aliphatic rings. The summed E-state index contributed by atoms with van der Waals surface area (Å²) in [6.45, 7) is 3.62. The molecular weight excluding hydrogens is 336 g/mol. The van der Waals surface area contributed by atoms with Crippen LogP contribution in [0.4, 0.5) is 4.79 Å². The Bertz CT molecular complexity index is 405. The van der Waals surface area contributed by atoms with Crippen molar-refractivity contribution in [2.75, 3.05) is 11.9 Å². The van der Waals surface area contributed by atoms with Gasteiger partial charge in [-0.15, -0.1) is 0 Å². The van der Waals surface area contributed by atoms with Crippen LogP contribution in [0.2, 0.25) is 0 Å². The van der Waals surface area contributed by atoms with Gasteiger partial charge in [-0.25, -0.2) is 9.52 Å². The van der Waals surface area contributed by atoms with Crippen LogP contribution in [0.5, 0.6) is 0 Å². The minimum absolute atomic E-state index is 0.0449. The number of ether oxygens (including phenoxy) is 1. The molecule has 0 heterocycles. The third-order valence-corrected chi connectivity index (χ3v) is 5.29. The van der Waals surface area contributed by atoms with Crippen LogP contribution in [0, 0.1) is 5.41 Å². The molecule has 0 aromatic carbocycles. The van der Waals surface area contributed by atoms with Crippen molar-refractivity contribution in [1.29, 1.82) is 0 Å². The van der Waals surface area contributed by atoms with Crippen molar-refractivity contribution in [3.63, 3.8) is 0 Å². The Balaban J connectivity index is 2.48. The van der Waals surface area contributed by atoms with Crippen LogP contribution in [0.1, 0.15) is 39.5 Å². The number of halogens is 1. The maximum Gasteiger partial charge on any atom is 0.422 e. The molecule has 1 rings (SSSR count). The van der Waals surface area contributed by atoms with E-state index in [-0.39, 0.29) is 11.5 Å². The first-order valence-electron chi connectivity index (χ1n) is 6.33. The highest BCUT2D eigenvalue weighted by atomic mass is 79.9. The fourth-order valence-corrected chi connectivity index (χ4v) is 3.71. The molecule has 0 unspecified atom stereocenters. The van der Waals surface area contributed by atoms with Gasteiger partial charge in [-0.05, 0) is 32.1 Å². The van der Waals surface area contributed by atoms with E-state index < -0.39 is 16.3 Å². The topological polar surface area (TPSA) is 84.5 Å². The van der Waals surface area contributed by atoms with Crippen LogP contribution in [0.3, 0.4) is 0 Å². The lowest BCUT2D eigenvalue weighted by atomic mass is 9.89. The number of hydrogen-bond donors (Lipinski definition) is 2. The second-order valence-corrected chi connectivity index (χ2v) is 7.28. The first kappa shape index (κ1) is 16.7. The molecule has 1 aliphatic carbocycles. The van der Waals surface area contributed by atoms with E-state index in [2.05, 4.69) is 20.7 Å². The maximum atomic E-state index is 11.7. The molecule has 0 aromatic rings. The van der Waals surface area contributed by atoms with Gasteiger partial charge in [0.15, 0.2) is 0 Å². The van der Waals surface area contributed by atoms with Gasteiger partial charge in [0.2, 0.25) is 0 Å². The van der Waals surface area contributed by atoms with Gasteiger partial charge in [0.25, 0.3) is 0 Å². The van der Waals surface area contributed by atoms with Crippen molar-refractivity contribution in [2.24, 2.45) is 5.41 Å². The molecule has 0 radical (unpaired) electrons. The van der Waals surface area contributed by atoms with Gasteiger partial charge in [-0.2, -0.15) is 13.1 Å². The molecule has 0 aromatic heterocycles. The average molecular weight is 357 g/mol. The van der Waals surface area contributed by atoms with E-state index in [1.165, 1.54) is 0 Å². The van der Waals surface area contributed by atoms with E-state index in [1.807, 2.05) is 4.72 Å². The van der Waals surface area contributed by atoms with Crippen LogP contribution in [0.15, 0.2) is 0 Å². The molecule has 112 valence electrons. The van der Waals surface area contributed by atoms with Gasteiger partial charge in [0, 0.05) is 11.9 Å². The molecule has 2 N–H and O–H groups in total. The summed E-state index contributed by atoms with van der Waals surface area (Å²) in [5.41, 5.74) is -0.0449. The largest absolute Gasteiger partial charge is 0.446 e. The minimum Gasteiger partial charge on any atom is -0.446 e. The van der Waals surface area contributed by atoms with Gasteiger partial charge in [0.05, 0.1) is 6.10 Å². The van der Waals surface area contributed by atoms with Crippen LogP contribution in [-0.2, 0) is 14.9 Å². The Morgan fingerprint density at radius 3 is 2.42 bits per heavy atom. The van der Waals surface area contributed by atoms with Gasteiger partial charge in [-0.1, -0.05) is 28.8 Å². The van der Waals surface area contributed by atoms with Gasteiger partial charge < -0.3 is 4.74 Å². The number of alkyl halides is 1. The number of amides is 1. The van der Waals surface area contributed by atoms with E-state index >= 15 is 0 Å². The lowest BCUT2D eigenvalue weighted by Crippen LogP contribution is -2.45. The van der Waals surface area contributed by atoms with Crippen molar-refractivity contribution in [3.05, 3.63) is 0 Å². The Hall–Kier alpha value is -0.340. The zero-order chi connectivity index (χ0) is 14.5. The highest BCUT2D eigenvalue weighted by Gasteiger charge is 2.34. The van der Waals surface area contributed by atoms with Gasteiger partial charge >= 0.3 is 16.3 Å². The molecule has 19 heavy (non-hydrogen) atoms. The molecule has 1 saturated carbocycles. The Morgan fingerprint density at radius 2 is 1.95 bits per heavy atom. The predicted molar refractivity (Wildman–Crippen MR) is 76.4 cm³/mol.